The van der Waals surface area contributed by atoms with E-state index in [1.54, 1.807) is 11.8 Å². The molecule has 2 fully saturated rings. The molecule has 204 valence electrons. The van der Waals surface area contributed by atoms with Crippen molar-refractivity contribution < 1.29 is 34.2 Å². The number of carbonyl (C=O) groups excluding carboxylic acids is 2. The first-order valence-electron chi connectivity index (χ1n) is 13.1. The first kappa shape index (κ1) is 28.4. The molecule has 0 radical (unpaired) electrons. The number of carboxylic acid groups (broad SMARTS) is 1. The third kappa shape index (κ3) is 8.14. The molecule has 1 aromatic carbocycles. The number of likely N-dealkylation sites (tertiary alicyclic amines) is 1. The van der Waals surface area contributed by atoms with Gasteiger partial charge in [0.05, 0.1) is 19.3 Å². The number of carbonyl (C=O) groups is 3. The maximum Gasteiger partial charge on any atom is 0.326 e. The minimum atomic E-state index is -0.990. The molecule has 11 nitrogen and oxygen atoms in total. The molecule has 0 spiro atoms. The largest absolute Gasteiger partial charge is 0.480 e. The van der Waals surface area contributed by atoms with Crippen LogP contribution in [0, 0.1) is 16.0 Å². The number of aryl methyl sites for hydroxylation is 1. The maximum atomic E-state index is 13.5. The molecule has 2 N–H and O–H groups in total. The molecule has 1 heterocycles. The number of benzene rings is 1. The van der Waals surface area contributed by atoms with Gasteiger partial charge in [-0.2, -0.15) is 0 Å². The molecule has 2 aliphatic rings. The van der Waals surface area contributed by atoms with E-state index >= 15 is 0 Å². The van der Waals surface area contributed by atoms with Gasteiger partial charge in [-0.3, -0.25) is 14.9 Å². The van der Waals surface area contributed by atoms with Crippen LogP contribution in [0.3, 0.4) is 0 Å². The molecular weight excluding hydrogens is 482 g/mol. The van der Waals surface area contributed by atoms with Crippen LogP contribution < -0.4 is 5.32 Å². The van der Waals surface area contributed by atoms with Crippen LogP contribution in [0.25, 0.3) is 0 Å². The van der Waals surface area contributed by atoms with E-state index in [1.807, 2.05) is 30.3 Å². The highest BCUT2D eigenvalue weighted by atomic mass is 16.9. The highest BCUT2D eigenvalue weighted by Gasteiger charge is 2.48. The first-order chi connectivity index (χ1) is 17.8. The minimum Gasteiger partial charge on any atom is -0.480 e. The van der Waals surface area contributed by atoms with Gasteiger partial charge in [0.15, 0.2) is 0 Å². The summed E-state index contributed by atoms with van der Waals surface area (Å²) in [5.41, 5.74) is 1.04. The molecule has 5 unspecified atom stereocenters. The van der Waals surface area contributed by atoms with Crippen molar-refractivity contribution >= 4 is 17.8 Å². The summed E-state index contributed by atoms with van der Waals surface area (Å²) >= 11 is 0. The van der Waals surface area contributed by atoms with Crippen LogP contribution in [0.4, 0.5) is 0 Å². The lowest BCUT2D eigenvalue weighted by atomic mass is 9.84. The quantitative estimate of drug-likeness (QED) is 0.164. The third-order valence-electron chi connectivity index (χ3n) is 7.28. The van der Waals surface area contributed by atoms with Gasteiger partial charge in [-0.1, -0.05) is 43.2 Å². The van der Waals surface area contributed by atoms with Gasteiger partial charge in [-0.05, 0) is 63.4 Å². The normalized spacial score (nSPS) is 22.5. The van der Waals surface area contributed by atoms with Gasteiger partial charge in [0.25, 0.3) is 5.09 Å². The number of aliphatic carboxylic acids is 1. The Hall–Kier alpha value is -3.21. The fourth-order valence-corrected chi connectivity index (χ4v) is 5.44. The number of hydrogen-bond donors (Lipinski definition) is 2. The molecule has 37 heavy (non-hydrogen) atoms. The summed E-state index contributed by atoms with van der Waals surface area (Å²) in [5.74, 6) is -1.62. The second-order valence-electron chi connectivity index (χ2n) is 9.84. The highest BCUT2D eigenvalue weighted by Crippen LogP contribution is 2.40. The number of rotatable bonds is 14. The molecule has 1 saturated carbocycles. The molecule has 1 aliphatic heterocycles. The number of nitrogens with zero attached hydrogens (tertiary/aromatic N) is 2. The fraction of sp³-hybridized carbons (Fsp3) is 0.654. The van der Waals surface area contributed by atoms with Crippen LogP contribution >= 0.6 is 0 Å². The van der Waals surface area contributed by atoms with Gasteiger partial charge >= 0.3 is 11.9 Å². The van der Waals surface area contributed by atoms with E-state index < -0.39 is 35.2 Å². The lowest BCUT2D eigenvalue weighted by Gasteiger charge is -2.35. The number of fused-ring (bicyclic) bond motifs is 1. The third-order valence-corrected chi connectivity index (χ3v) is 7.28. The van der Waals surface area contributed by atoms with Gasteiger partial charge < -0.3 is 19.6 Å². The lowest BCUT2D eigenvalue weighted by Crippen LogP contribution is -2.55. The number of carboxylic acids is 1. The molecule has 0 bridgehead atoms. The van der Waals surface area contributed by atoms with Crippen molar-refractivity contribution in [3.05, 3.63) is 46.0 Å². The monoisotopic (exact) mass is 519 g/mol. The molecule has 1 aliphatic carbocycles. The average Bonchev–Trinajstić information content (AvgIpc) is 3.28. The maximum absolute atomic E-state index is 13.5. The number of nitrogens with one attached hydrogen (secondary N) is 1. The first-order valence-corrected chi connectivity index (χ1v) is 13.1. The summed E-state index contributed by atoms with van der Waals surface area (Å²) in [6.45, 7) is 1.66. The van der Waals surface area contributed by atoms with E-state index in [0.29, 0.717) is 32.1 Å². The molecule has 5 atom stereocenters. The van der Waals surface area contributed by atoms with Crippen molar-refractivity contribution in [3.63, 3.8) is 0 Å². The van der Waals surface area contributed by atoms with Gasteiger partial charge in [-0.15, -0.1) is 10.1 Å². The average molecular weight is 520 g/mol. The standard InChI is InChI=1S/C26H37N3O8/c1-18(24(30)28-22-12-6-5-11-20(22)17-23(28)25(31)32)27-21(14-13-19-9-3-2-4-10-19)26(33)36-15-7-8-16-37-29(34)35/h2-4,9-10,18,20-23,27H,5-8,11-17H2,1H3,(H,31,32). The summed E-state index contributed by atoms with van der Waals surface area (Å²) < 4.78 is 5.41. The van der Waals surface area contributed by atoms with Crippen LogP contribution in [-0.4, -0.2) is 70.3 Å². The van der Waals surface area contributed by atoms with Crippen molar-refractivity contribution in [2.45, 2.75) is 88.9 Å². The van der Waals surface area contributed by atoms with Crippen LogP contribution in [0.2, 0.25) is 0 Å². The molecule has 1 aromatic rings. The van der Waals surface area contributed by atoms with Crippen molar-refractivity contribution in [1.82, 2.24) is 10.2 Å². The zero-order chi connectivity index (χ0) is 26.8. The van der Waals surface area contributed by atoms with E-state index in [4.69, 9.17) is 4.74 Å². The number of unbranched alkanes of at least 4 members (excludes halogenated alkanes) is 1. The second kappa shape index (κ2) is 13.9. The Morgan fingerprint density at radius 1 is 1.16 bits per heavy atom. The summed E-state index contributed by atoms with van der Waals surface area (Å²) in [6, 6.07) is 7.17. The molecule has 1 amide bonds. The van der Waals surface area contributed by atoms with Crippen LogP contribution in [0.5, 0.6) is 0 Å². The Bertz CT molecular complexity index is 928. The van der Waals surface area contributed by atoms with Gasteiger partial charge in [0, 0.05) is 6.04 Å². The molecular formula is C26H37N3O8. The second-order valence-corrected chi connectivity index (χ2v) is 9.84. The zero-order valence-corrected chi connectivity index (χ0v) is 21.3. The van der Waals surface area contributed by atoms with E-state index in [2.05, 4.69) is 10.2 Å². The Labute approximate surface area is 216 Å². The van der Waals surface area contributed by atoms with E-state index in [-0.39, 0.29) is 31.1 Å². The summed E-state index contributed by atoms with van der Waals surface area (Å²) in [5, 5.41) is 22.3. The summed E-state index contributed by atoms with van der Waals surface area (Å²) in [6.07, 6.45) is 5.95. The van der Waals surface area contributed by atoms with E-state index in [1.165, 1.54) is 0 Å². The van der Waals surface area contributed by atoms with Crippen LogP contribution in [0.1, 0.15) is 63.9 Å². The van der Waals surface area contributed by atoms with E-state index in [0.717, 1.165) is 31.2 Å². The fourth-order valence-electron chi connectivity index (χ4n) is 5.44. The zero-order valence-electron chi connectivity index (χ0n) is 21.3. The SMILES string of the molecule is CC(NC(CCc1ccccc1)C(=O)OCCCCO[N+](=O)[O-])C(=O)N1C(C(=O)O)CC2CCCCC21. The Kier molecular flexibility index (Phi) is 10.7. The number of ether oxygens (including phenoxy) is 1. The van der Waals surface area contributed by atoms with Crippen LogP contribution in [-0.2, 0) is 30.4 Å². The van der Waals surface area contributed by atoms with Crippen molar-refractivity contribution in [1.29, 1.82) is 0 Å². The molecule has 0 aromatic heterocycles. The smallest absolute Gasteiger partial charge is 0.326 e. The molecule has 11 heteroatoms. The van der Waals surface area contributed by atoms with Crippen molar-refractivity contribution in [2.24, 2.45) is 5.92 Å². The van der Waals surface area contributed by atoms with Gasteiger partial charge in [0.1, 0.15) is 12.1 Å². The number of esters is 1. The Balaban J connectivity index is 1.63. The molecule has 1 saturated heterocycles. The van der Waals surface area contributed by atoms with Crippen molar-refractivity contribution in [2.75, 3.05) is 13.2 Å². The van der Waals surface area contributed by atoms with E-state index in [9.17, 15) is 29.6 Å². The Morgan fingerprint density at radius 2 is 1.86 bits per heavy atom. The minimum absolute atomic E-state index is 0.0721. The molecule has 3 rings (SSSR count). The number of hydrogen-bond acceptors (Lipinski definition) is 8. The number of amides is 1. The van der Waals surface area contributed by atoms with Gasteiger partial charge in [0.2, 0.25) is 5.91 Å². The predicted octanol–water partition coefficient (Wildman–Crippen LogP) is 2.74. The Morgan fingerprint density at radius 3 is 2.57 bits per heavy atom. The summed E-state index contributed by atoms with van der Waals surface area (Å²) in [7, 11) is 0. The summed E-state index contributed by atoms with van der Waals surface area (Å²) in [4.78, 5) is 54.5. The van der Waals surface area contributed by atoms with Crippen molar-refractivity contribution in [3.8, 4) is 0 Å². The lowest BCUT2D eigenvalue weighted by molar-refractivity contribution is -0.757. The highest BCUT2D eigenvalue weighted by molar-refractivity contribution is 5.88. The topological polar surface area (TPSA) is 148 Å². The van der Waals surface area contributed by atoms with Crippen LogP contribution in [0.15, 0.2) is 30.3 Å². The predicted molar refractivity (Wildman–Crippen MR) is 133 cm³/mol. The van der Waals surface area contributed by atoms with Gasteiger partial charge in [-0.25, -0.2) is 4.79 Å².